The van der Waals surface area contributed by atoms with Crippen LogP contribution in [0.2, 0.25) is 0 Å². The molecule has 0 radical (unpaired) electrons. The van der Waals surface area contributed by atoms with Gasteiger partial charge in [-0.25, -0.2) is 4.98 Å². The van der Waals surface area contributed by atoms with Crippen molar-refractivity contribution in [2.75, 3.05) is 18.0 Å². The maximum Gasteiger partial charge on any atom is 0.210 e. The zero-order valence-electron chi connectivity index (χ0n) is 8.76. The Labute approximate surface area is 89.3 Å². The molecule has 0 amide bonds. The van der Waals surface area contributed by atoms with Gasteiger partial charge in [-0.1, -0.05) is 0 Å². The number of hydrogen-bond donors (Lipinski definition) is 0. The summed E-state index contributed by atoms with van der Waals surface area (Å²) in [5, 5.41) is 0. The third kappa shape index (κ3) is 1.48. The SMILES string of the molecule is c1cc2ccnc(N3CCCCC3)n2c1. The van der Waals surface area contributed by atoms with Crippen molar-refractivity contribution in [3.63, 3.8) is 0 Å². The molecule has 1 fully saturated rings. The Morgan fingerprint density at radius 2 is 1.93 bits per heavy atom. The van der Waals surface area contributed by atoms with E-state index in [0.29, 0.717) is 0 Å². The molecular weight excluding hydrogens is 186 g/mol. The van der Waals surface area contributed by atoms with Crippen LogP contribution in [0.4, 0.5) is 5.95 Å². The molecule has 3 heterocycles. The molecular formula is C12H15N3. The smallest absolute Gasteiger partial charge is 0.210 e. The molecule has 0 N–H and O–H groups in total. The number of rotatable bonds is 1. The normalized spacial score (nSPS) is 17.2. The maximum absolute atomic E-state index is 4.49. The third-order valence-corrected chi connectivity index (χ3v) is 3.07. The molecule has 0 aromatic carbocycles. The van der Waals surface area contributed by atoms with E-state index >= 15 is 0 Å². The van der Waals surface area contributed by atoms with Crippen molar-refractivity contribution in [1.82, 2.24) is 9.38 Å². The van der Waals surface area contributed by atoms with Gasteiger partial charge in [-0.15, -0.1) is 0 Å². The van der Waals surface area contributed by atoms with E-state index in [1.807, 2.05) is 12.3 Å². The molecule has 0 saturated carbocycles. The van der Waals surface area contributed by atoms with Crippen LogP contribution >= 0.6 is 0 Å². The molecule has 0 unspecified atom stereocenters. The average Bonchev–Trinajstić information content (AvgIpc) is 2.78. The van der Waals surface area contributed by atoms with Crippen LogP contribution in [0.5, 0.6) is 0 Å². The predicted octanol–water partition coefficient (Wildman–Crippen LogP) is 2.32. The van der Waals surface area contributed by atoms with Gasteiger partial charge in [0.15, 0.2) is 0 Å². The summed E-state index contributed by atoms with van der Waals surface area (Å²) in [5.74, 6) is 1.09. The van der Waals surface area contributed by atoms with E-state index in [1.54, 1.807) is 0 Å². The highest BCUT2D eigenvalue weighted by Gasteiger charge is 2.14. The van der Waals surface area contributed by atoms with Crippen molar-refractivity contribution in [2.45, 2.75) is 19.3 Å². The van der Waals surface area contributed by atoms with Crippen molar-refractivity contribution >= 4 is 11.5 Å². The Hall–Kier alpha value is -1.51. The van der Waals surface area contributed by atoms with Crippen LogP contribution in [0.3, 0.4) is 0 Å². The van der Waals surface area contributed by atoms with Gasteiger partial charge in [-0.3, -0.25) is 4.40 Å². The van der Waals surface area contributed by atoms with Gasteiger partial charge in [-0.05, 0) is 37.5 Å². The molecule has 1 aliphatic heterocycles. The summed E-state index contributed by atoms with van der Waals surface area (Å²) < 4.78 is 2.17. The summed E-state index contributed by atoms with van der Waals surface area (Å²) in [5.41, 5.74) is 1.23. The Kier molecular flexibility index (Phi) is 2.09. The quantitative estimate of drug-likeness (QED) is 0.706. The number of aromatic nitrogens is 2. The number of nitrogens with zero attached hydrogens (tertiary/aromatic N) is 3. The second-order valence-electron chi connectivity index (χ2n) is 4.10. The van der Waals surface area contributed by atoms with E-state index in [1.165, 1.54) is 24.8 Å². The fourth-order valence-corrected chi connectivity index (χ4v) is 2.28. The van der Waals surface area contributed by atoms with E-state index in [2.05, 4.69) is 32.6 Å². The van der Waals surface area contributed by atoms with E-state index in [0.717, 1.165) is 19.0 Å². The maximum atomic E-state index is 4.49. The lowest BCUT2D eigenvalue weighted by atomic mass is 10.1. The first-order valence-corrected chi connectivity index (χ1v) is 5.62. The Bertz CT molecular complexity index is 455. The number of fused-ring (bicyclic) bond motifs is 1. The molecule has 1 saturated heterocycles. The van der Waals surface area contributed by atoms with Gasteiger partial charge in [0.2, 0.25) is 5.95 Å². The van der Waals surface area contributed by atoms with E-state index < -0.39 is 0 Å². The first-order chi connectivity index (χ1) is 7.45. The van der Waals surface area contributed by atoms with Crippen LogP contribution < -0.4 is 4.90 Å². The van der Waals surface area contributed by atoms with E-state index in [4.69, 9.17) is 0 Å². The minimum Gasteiger partial charge on any atom is -0.342 e. The topological polar surface area (TPSA) is 20.5 Å². The van der Waals surface area contributed by atoms with Crippen molar-refractivity contribution in [1.29, 1.82) is 0 Å². The molecule has 0 spiro atoms. The molecule has 3 rings (SSSR count). The first kappa shape index (κ1) is 8.77. The Morgan fingerprint density at radius 3 is 2.80 bits per heavy atom. The van der Waals surface area contributed by atoms with Crippen LogP contribution in [0.15, 0.2) is 30.6 Å². The molecule has 3 nitrogen and oxygen atoms in total. The number of hydrogen-bond acceptors (Lipinski definition) is 2. The van der Waals surface area contributed by atoms with Gasteiger partial charge in [0, 0.05) is 31.0 Å². The number of anilines is 1. The van der Waals surface area contributed by atoms with Gasteiger partial charge < -0.3 is 4.90 Å². The number of piperidine rings is 1. The molecule has 0 bridgehead atoms. The highest BCUT2D eigenvalue weighted by atomic mass is 15.3. The summed E-state index contributed by atoms with van der Waals surface area (Å²) in [6, 6.07) is 6.24. The van der Waals surface area contributed by atoms with Gasteiger partial charge in [0.05, 0.1) is 0 Å². The molecule has 2 aromatic rings. The molecule has 1 aliphatic rings. The highest BCUT2D eigenvalue weighted by Crippen LogP contribution is 2.18. The zero-order valence-corrected chi connectivity index (χ0v) is 8.76. The van der Waals surface area contributed by atoms with Gasteiger partial charge >= 0.3 is 0 Å². The Morgan fingerprint density at radius 1 is 1.07 bits per heavy atom. The van der Waals surface area contributed by atoms with Gasteiger partial charge in [-0.2, -0.15) is 0 Å². The fraction of sp³-hybridized carbons (Fsp3) is 0.417. The second kappa shape index (κ2) is 3.57. The minimum atomic E-state index is 1.09. The summed E-state index contributed by atoms with van der Waals surface area (Å²) in [6.45, 7) is 2.29. The van der Waals surface area contributed by atoms with Crippen LogP contribution in [-0.4, -0.2) is 22.5 Å². The van der Waals surface area contributed by atoms with Crippen LogP contribution in [0, 0.1) is 0 Å². The molecule has 78 valence electrons. The standard InChI is InChI=1S/C12H15N3/c1-2-8-14(9-3-1)12-13-7-6-11-5-4-10-15(11)12/h4-7,10H,1-3,8-9H2. The van der Waals surface area contributed by atoms with Crippen molar-refractivity contribution in [3.8, 4) is 0 Å². The van der Waals surface area contributed by atoms with Crippen molar-refractivity contribution in [2.24, 2.45) is 0 Å². The molecule has 0 atom stereocenters. The largest absolute Gasteiger partial charge is 0.342 e. The predicted molar refractivity (Wildman–Crippen MR) is 61.3 cm³/mol. The monoisotopic (exact) mass is 201 g/mol. The van der Waals surface area contributed by atoms with Crippen LogP contribution in [0.25, 0.3) is 5.52 Å². The molecule has 15 heavy (non-hydrogen) atoms. The molecule has 0 aliphatic carbocycles. The summed E-state index contributed by atoms with van der Waals surface area (Å²) in [7, 11) is 0. The third-order valence-electron chi connectivity index (χ3n) is 3.07. The zero-order chi connectivity index (χ0) is 10.1. The van der Waals surface area contributed by atoms with Crippen molar-refractivity contribution in [3.05, 3.63) is 30.6 Å². The average molecular weight is 201 g/mol. The second-order valence-corrected chi connectivity index (χ2v) is 4.10. The highest BCUT2D eigenvalue weighted by molar-refractivity contribution is 5.52. The molecule has 3 heteroatoms. The lowest BCUT2D eigenvalue weighted by Crippen LogP contribution is -2.31. The van der Waals surface area contributed by atoms with Crippen LogP contribution in [-0.2, 0) is 0 Å². The fourth-order valence-electron chi connectivity index (χ4n) is 2.28. The summed E-state index contributed by atoms with van der Waals surface area (Å²) >= 11 is 0. The summed E-state index contributed by atoms with van der Waals surface area (Å²) in [6.07, 6.45) is 7.93. The first-order valence-electron chi connectivity index (χ1n) is 5.62. The minimum absolute atomic E-state index is 1.09. The molecule has 2 aromatic heterocycles. The lowest BCUT2D eigenvalue weighted by molar-refractivity contribution is 0.566. The van der Waals surface area contributed by atoms with Crippen molar-refractivity contribution < 1.29 is 0 Å². The lowest BCUT2D eigenvalue weighted by Gasteiger charge is -2.28. The van der Waals surface area contributed by atoms with Crippen LogP contribution in [0.1, 0.15) is 19.3 Å². The van der Waals surface area contributed by atoms with E-state index in [-0.39, 0.29) is 0 Å². The van der Waals surface area contributed by atoms with Gasteiger partial charge in [0.25, 0.3) is 0 Å². The summed E-state index contributed by atoms with van der Waals surface area (Å²) in [4.78, 5) is 6.88. The Balaban J connectivity index is 2.05. The van der Waals surface area contributed by atoms with Gasteiger partial charge in [0.1, 0.15) is 0 Å². The van der Waals surface area contributed by atoms with E-state index in [9.17, 15) is 0 Å².